The maximum atomic E-state index is 13.3. The minimum Gasteiger partial charge on any atom is -0.496 e. The molecule has 194 valence electrons. The summed E-state index contributed by atoms with van der Waals surface area (Å²) in [6.07, 6.45) is 1.40. The topological polar surface area (TPSA) is 123 Å². The Labute approximate surface area is 218 Å². The summed E-state index contributed by atoms with van der Waals surface area (Å²) in [6, 6.07) is 17.6. The second-order valence-corrected chi connectivity index (χ2v) is 8.20. The van der Waals surface area contributed by atoms with Crippen molar-refractivity contribution in [3.8, 4) is 17.2 Å². The number of carbonyl (C=O) groups is 4. The van der Waals surface area contributed by atoms with Crippen LogP contribution in [0.1, 0.15) is 18.1 Å². The van der Waals surface area contributed by atoms with Gasteiger partial charge in [-0.15, -0.1) is 0 Å². The normalized spacial score (nSPS) is 14.2. The number of nitrogens with zero attached hydrogens (tertiary/aromatic N) is 1. The number of para-hydroxylation sites is 2. The molecule has 10 nitrogen and oxygen atoms in total. The summed E-state index contributed by atoms with van der Waals surface area (Å²) in [7, 11) is 2.94. The van der Waals surface area contributed by atoms with E-state index < -0.39 is 17.8 Å². The quantitative estimate of drug-likeness (QED) is 0.344. The minimum absolute atomic E-state index is 0.131. The third-order valence-corrected chi connectivity index (χ3v) is 5.61. The van der Waals surface area contributed by atoms with Crippen molar-refractivity contribution in [2.75, 3.05) is 24.4 Å². The molecule has 0 radical (unpaired) electrons. The van der Waals surface area contributed by atoms with Crippen molar-refractivity contribution in [2.24, 2.45) is 0 Å². The Hall–Kier alpha value is -5.12. The van der Waals surface area contributed by atoms with Gasteiger partial charge in [0, 0.05) is 18.2 Å². The Morgan fingerprint density at radius 1 is 0.947 bits per heavy atom. The molecule has 1 heterocycles. The van der Waals surface area contributed by atoms with E-state index in [0.29, 0.717) is 34.1 Å². The van der Waals surface area contributed by atoms with Crippen LogP contribution in [0.2, 0.25) is 0 Å². The zero-order chi connectivity index (χ0) is 27.2. The van der Waals surface area contributed by atoms with Gasteiger partial charge < -0.3 is 19.5 Å². The number of ether oxygens (including phenoxy) is 3. The number of barbiturate groups is 1. The molecular formula is C28H25N3O7. The molecule has 0 aromatic heterocycles. The lowest BCUT2D eigenvalue weighted by atomic mass is 10.0. The van der Waals surface area contributed by atoms with Crippen molar-refractivity contribution in [3.63, 3.8) is 0 Å². The molecular weight excluding hydrogens is 490 g/mol. The highest BCUT2D eigenvalue weighted by molar-refractivity contribution is 6.39. The van der Waals surface area contributed by atoms with Crippen LogP contribution in [0.25, 0.3) is 6.08 Å². The molecule has 5 amide bonds. The predicted molar refractivity (Wildman–Crippen MR) is 140 cm³/mol. The predicted octanol–water partition coefficient (Wildman–Crippen LogP) is 3.91. The average Bonchev–Trinajstić information content (AvgIpc) is 2.90. The van der Waals surface area contributed by atoms with Crippen LogP contribution < -0.4 is 29.7 Å². The van der Waals surface area contributed by atoms with Crippen LogP contribution in [0.15, 0.2) is 72.3 Å². The molecule has 0 saturated carbocycles. The molecule has 4 rings (SSSR count). The number of rotatable bonds is 8. The van der Waals surface area contributed by atoms with Gasteiger partial charge in [-0.25, -0.2) is 9.69 Å². The highest BCUT2D eigenvalue weighted by Crippen LogP contribution is 2.31. The summed E-state index contributed by atoms with van der Waals surface area (Å²) in [5, 5.41) is 4.90. The number of carbonyl (C=O) groups excluding carboxylic acids is 4. The number of anilines is 2. The molecule has 1 saturated heterocycles. The van der Waals surface area contributed by atoms with Crippen LogP contribution in [0, 0.1) is 0 Å². The van der Waals surface area contributed by atoms with E-state index in [0.717, 1.165) is 4.90 Å². The zero-order valence-corrected chi connectivity index (χ0v) is 20.9. The Kier molecular flexibility index (Phi) is 7.72. The number of benzene rings is 3. The first-order valence-corrected chi connectivity index (χ1v) is 11.5. The SMILES string of the molecule is COc1ccc(/C=C2/C(=O)NC(=O)N(c3ccccc3OC)C2=O)cc1COc1ccc(NC(C)=O)cc1. The first-order chi connectivity index (χ1) is 18.3. The Morgan fingerprint density at radius 2 is 1.66 bits per heavy atom. The smallest absolute Gasteiger partial charge is 0.336 e. The van der Waals surface area contributed by atoms with Crippen LogP contribution in [0.5, 0.6) is 17.2 Å². The van der Waals surface area contributed by atoms with Gasteiger partial charge in [-0.05, 0) is 60.2 Å². The van der Waals surface area contributed by atoms with Crippen LogP contribution in [0.4, 0.5) is 16.2 Å². The standard InChI is InChI=1S/C28H25N3O7/c1-17(32)29-20-9-11-21(12-10-20)38-16-19-14-18(8-13-24(19)36-2)15-22-26(33)30-28(35)31(27(22)34)23-6-4-5-7-25(23)37-3/h4-15H,16H2,1-3H3,(H,29,32)(H,30,33,35)/b22-15-. The third-order valence-electron chi connectivity index (χ3n) is 5.61. The van der Waals surface area contributed by atoms with Crippen molar-refractivity contribution in [1.29, 1.82) is 0 Å². The summed E-state index contributed by atoms with van der Waals surface area (Å²) >= 11 is 0. The van der Waals surface area contributed by atoms with Crippen molar-refractivity contribution < 1.29 is 33.4 Å². The molecule has 1 fully saturated rings. The van der Waals surface area contributed by atoms with Crippen LogP contribution in [-0.2, 0) is 21.0 Å². The Balaban J connectivity index is 1.59. The lowest BCUT2D eigenvalue weighted by Gasteiger charge is -2.27. The minimum atomic E-state index is -0.866. The number of imide groups is 2. The molecule has 0 spiro atoms. The maximum Gasteiger partial charge on any atom is 0.336 e. The number of hydrogen-bond acceptors (Lipinski definition) is 7. The Morgan fingerprint density at radius 3 is 2.34 bits per heavy atom. The van der Waals surface area contributed by atoms with Gasteiger partial charge in [-0.2, -0.15) is 0 Å². The lowest BCUT2D eigenvalue weighted by molar-refractivity contribution is -0.122. The van der Waals surface area contributed by atoms with Gasteiger partial charge in [-0.3, -0.25) is 19.7 Å². The molecule has 38 heavy (non-hydrogen) atoms. The molecule has 3 aromatic carbocycles. The van der Waals surface area contributed by atoms with Crippen LogP contribution in [0.3, 0.4) is 0 Å². The largest absolute Gasteiger partial charge is 0.496 e. The molecule has 1 aliphatic rings. The summed E-state index contributed by atoms with van der Waals surface area (Å²) < 4.78 is 16.6. The molecule has 1 aliphatic heterocycles. The van der Waals surface area contributed by atoms with E-state index in [-0.39, 0.29) is 23.8 Å². The highest BCUT2D eigenvalue weighted by Gasteiger charge is 2.38. The number of nitrogens with one attached hydrogen (secondary N) is 2. The molecule has 0 aliphatic carbocycles. The third kappa shape index (κ3) is 5.65. The molecule has 0 atom stereocenters. The van der Waals surface area contributed by atoms with E-state index in [2.05, 4.69) is 10.6 Å². The molecule has 0 bridgehead atoms. The molecule has 0 unspecified atom stereocenters. The lowest BCUT2D eigenvalue weighted by Crippen LogP contribution is -2.54. The van der Waals surface area contributed by atoms with Gasteiger partial charge >= 0.3 is 6.03 Å². The van der Waals surface area contributed by atoms with E-state index in [1.165, 1.54) is 27.2 Å². The van der Waals surface area contributed by atoms with E-state index in [1.54, 1.807) is 66.7 Å². The van der Waals surface area contributed by atoms with Gasteiger partial charge in [0.2, 0.25) is 5.91 Å². The number of amides is 5. The van der Waals surface area contributed by atoms with Gasteiger partial charge in [-0.1, -0.05) is 18.2 Å². The van der Waals surface area contributed by atoms with Crippen LogP contribution in [-0.4, -0.2) is 38.0 Å². The fraction of sp³-hybridized carbons (Fsp3) is 0.143. The van der Waals surface area contributed by atoms with Crippen molar-refractivity contribution in [1.82, 2.24) is 5.32 Å². The molecule has 3 aromatic rings. The van der Waals surface area contributed by atoms with Crippen molar-refractivity contribution in [3.05, 3.63) is 83.4 Å². The Bertz CT molecular complexity index is 1430. The second-order valence-electron chi connectivity index (χ2n) is 8.20. The molecule has 10 heteroatoms. The van der Waals surface area contributed by atoms with Crippen LogP contribution >= 0.6 is 0 Å². The van der Waals surface area contributed by atoms with Gasteiger partial charge in [0.25, 0.3) is 11.8 Å². The van der Waals surface area contributed by atoms with Gasteiger partial charge in [0.05, 0.1) is 19.9 Å². The van der Waals surface area contributed by atoms with E-state index >= 15 is 0 Å². The van der Waals surface area contributed by atoms with Crippen molar-refractivity contribution in [2.45, 2.75) is 13.5 Å². The highest BCUT2D eigenvalue weighted by atomic mass is 16.5. The van der Waals surface area contributed by atoms with Crippen molar-refractivity contribution >= 4 is 41.2 Å². The monoisotopic (exact) mass is 515 g/mol. The first kappa shape index (κ1) is 26.0. The molecule has 2 N–H and O–H groups in total. The number of hydrogen-bond donors (Lipinski definition) is 2. The summed E-state index contributed by atoms with van der Waals surface area (Å²) in [5.74, 6) is -0.339. The van der Waals surface area contributed by atoms with E-state index in [4.69, 9.17) is 14.2 Å². The fourth-order valence-corrected chi connectivity index (χ4v) is 3.86. The number of methoxy groups -OCH3 is 2. The summed E-state index contributed by atoms with van der Waals surface area (Å²) in [4.78, 5) is 50.5. The summed E-state index contributed by atoms with van der Waals surface area (Å²) in [6.45, 7) is 1.56. The zero-order valence-electron chi connectivity index (χ0n) is 20.9. The summed E-state index contributed by atoms with van der Waals surface area (Å²) in [5.41, 5.74) is 1.82. The van der Waals surface area contributed by atoms with Gasteiger partial charge in [0.1, 0.15) is 29.4 Å². The van der Waals surface area contributed by atoms with E-state index in [9.17, 15) is 19.2 Å². The second kappa shape index (κ2) is 11.3. The average molecular weight is 516 g/mol. The van der Waals surface area contributed by atoms with E-state index in [1.807, 2.05) is 0 Å². The number of urea groups is 1. The first-order valence-electron chi connectivity index (χ1n) is 11.5. The maximum absolute atomic E-state index is 13.3. The fourth-order valence-electron chi connectivity index (χ4n) is 3.86. The van der Waals surface area contributed by atoms with Gasteiger partial charge in [0.15, 0.2) is 0 Å².